The molecule has 0 N–H and O–H groups in total. The number of likely N-dealkylation sites (tertiary alicyclic amines) is 1. The van der Waals surface area contributed by atoms with Crippen molar-refractivity contribution in [1.29, 1.82) is 0 Å². The van der Waals surface area contributed by atoms with Gasteiger partial charge in [0.1, 0.15) is 5.60 Å². The van der Waals surface area contributed by atoms with Crippen LogP contribution >= 0.6 is 0 Å². The van der Waals surface area contributed by atoms with Gasteiger partial charge in [-0.05, 0) is 55.9 Å². The molecule has 0 aromatic heterocycles. The molecule has 1 saturated heterocycles. The van der Waals surface area contributed by atoms with E-state index in [0.717, 1.165) is 12.8 Å². The highest BCUT2D eigenvalue weighted by Crippen LogP contribution is 2.38. The number of rotatable bonds is 5. The van der Waals surface area contributed by atoms with E-state index in [4.69, 9.17) is 9.16 Å². The number of ether oxygens (including phenoxy) is 1. The molecule has 4 nitrogen and oxygen atoms in total. The van der Waals surface area contributed by atoms with Gasteiger partial charge >= 0.3 is 6.09 Å². The molecule has 1 heterocycles. The van der Waals surface area contributed by atoms with Gasteiger partial charge in [0.15, 0.2) is 0 Å². The van der Waals surface area contributed by atoms with Gasteiger partial charge in [-0.2, -0.15) is 0 Å². The highest BCUT2D eigenvalue weighted by Gasteiger charge is 2.51. The summed E-state index contributed by atoms with van der Waals surface area (Å²) in [6.07, 6.45) is 1.66. The first-order valence-corrected chi connectivity index (χ1v) is 13.6. The Morgan fingerprint density at radius 1 is 0.906 bits per heavy atom. The Morgan fingerprint density at radius 2 is 1.41 bits per heavy atom. The monoisotopic (exact) mass is 453 g/mol. The molecule has 1 aliphatic heterocycles. The molecule has 1 amide bonds. The molecule has 0 saturated carbocycles. The third kappa shape index (κ3) is 5.10. The zero-order valence-electron chi connectivity index (χ0n) is 20.7. The van der Waals surface area contributed by atoms with Crippen molar-refractivity contribution < 1.29 is 14.0 Å². The summed E-state index contributed by atoms with van der Waals surface area (Å²) in [7, 11) is -2.63. The molecule has 0 aliphatic carbocycles. The van der Waals surface area contributed by atoms with E-state index < -0.39 is 13.9 Å². The van der Waals surface area contributed by atoms with E-state index in [1.165, 1.54) is 10.4 Å². The van der Waals surface area contributed by atoms with Gasteiger partial charge in [-0.25, -0.2) is 4.79 Å². The summed E-state index contributed by atoms with van der Waals surface area (Å²) in [5.41, 5.74) is -0.511. The first kappa shape index (κ1) is 24.5. The topological polar surface area (TPSA) is 38.8 Å². The molecule has 1 unspecified atom stereocenters. The Balaban J connectivity index is 1.97. The highest BCUT2D eigenvalue weighted by molar-refractivity contribution is 6.99. The van der Waals surface area contributed by atoms with Crippen LogP contribution in [0.15, 0.2) is 60.7 Å². The molecular formula is C27H39NO3Si. The molecule has 174 valence electrons. The van der Waals surface area contributed by atoms with Crippen LogP contribution in [0.4, 0.5) is 4.79 Å². The lowest BCUT2D eigenvalue weighted by atomic mass is 10.2. The number of carbonyl (C=O) groups excluding carboxylic acids is 1. The Kier molecular flexibility index (Phi) is 7.20. The van der Waals surface area contributed by atoms with E-state index in [0.29, 0.717) is 6.61 Å². The lowest BCUT2D eigenvalue weighted by Crippen LogP contribution is -2.67. The minimum Gasteiger partial charge on any atom is -0.444 e. The Morgan fingerprint density at radius 3 is 1.84 bits per heavy atom. The number of benzene rings is 2. The van der Waals surface area contributed by atoms with Gasteiger partial charge in [0.2, 0.25) is 0 Å². The summed E-state index contributed by atoms with van der Waals surface area (Å²) in [4.78, 5) is 14.9. The van der Waals surface area contributed by atoms with Gasteiger partial charge in [0, 0.05) is 6.04 Å². The van der Waals surface area contributed by atoms with Crippen LogP contribution in [0.1, 0.15) is 61.3 Å². The van der Waals surface area contributed by atoms with Crippen molar-refractivity contribution in [3.05, 3.63) is 60.7 Å². The van der Waals surface area contributed by atoms with E-state index in [9.17, 15) is 4.79 Å². The molecule has 0 radical (unpaired) electrons. The van der Waals surface area contributed by atoms with Crippen molar-refractivity contribution in [1.82, 2.24) is 4.90 Å². The van der Waals surface area contributed by atoms with Crippen LogP contribution in [-0.2, 0) is 9.16 Å². The number of nitrogens with zero attached hydrogens (tertiary/aromatic N) is 1. The van der Waals surface area contributed by atoms with Crippen molar-refractivity contribution >= 4 is 24.8 Å². The second-order valence-corrected chi connectivity index (χ2v) is 15.2. The molecule has 32 heavy (non-hydrogen) atoms. The number of carbonyl (C=O) groups is 1. The van der Waals surface area contributed by atoms with Gasteiger partial charge in [-0.3, -0.25) is 0 Å². The van der Waals surface area contributed by atoms with E-state index in [2.05, 4.69) is 88.4 Å². The van der Waals surface area contributed by atoms with Crippen molar-refractivity contribution in [2.24, 2.45) is 0 Å². The highest BCUT2D eigenvalue weighted by atomic mass is 28.4. The number of hydrogen-bond donors (Lipinski definition) is 0. The lowest BCUT2D eigenvalue weighted by molar-refractivity contribution is 0.0113. The third-order valence-corrected chi connectivity index (χ3v) is 11.3. The van der Waals surface area contributed by atoms with E-state index >= 15 is 0 Å². The number of amides is 1. The van der Waals surface area contributed by atoms with E-state index in [1.807, 2.05) is 25.7 Å². The van der Waals surface area contributed by atoms with Crippen LogP contribution in [0.2, 0.25) is 5.04 Å². The summed E-state index contributed by atoms with van der Waals surface area (Å²) in [6.45, 7) is 15.2. The maximum atomic E-state index is 13.0. The van der Waals surface area contributed by atoms with Crippen molar-refractivity contribution in [3.63, 3.8) is 0 Å². The second kappa shape index (κ2) is 9.40. The standard InChI is InChI=1S/C27H39NO3Si/c1-21-18-19-22(28(21)25(29)31-26(2,3)4)20-30-32(27(5,6)7,23-14-10-8-11-15-23)24-16-12-9-13-17-24/h8-17,21-22H,18-20H2,1-7H3/t21?,22-/m0/s1. The molecule has 3 rings (SSSR count). The van der Waals surface area contributed by atoms with Gasteiger partial charge in [0.05, 0.1) is 12.6 Å². The van der Waals surface area contributed by atoms with Gasteiger partial charge < -0.3 is 14.1 Å². The molecule has 2 aromatic carbocycles. The lowest BCUT2D eigenvalue weighted by Gasteiger charge is -2.44. The smallest absolute Gasteiger partial charge is 0.410 e. The maximum Gasteiger partial charge on any atom is 0.410 e. The molecule has 2 aromatic rings. The Bertz CT molecular complexity index is 847. The molecular weight excluding hydrogens is 414 g/mol. The van der Waals surface area contributed by atoms with Crippen LogP contribution in [0.3, 0.4) is 0 Å². The van der Waals surface area contributed by atoms with Crippen LogP contribution < -0.4 is 10.4 Å². The third-order valence-electron chi connectivity index (χ3n) is 6.30. The Labute approximate surface area is 195 Å². The number of hydrogen-bond acceptors (Lipinski definition) is 3. The zero-order chi connectivity index (χ0) is 23.6. The second-order valence-electron chi connectivity index (χ2n) is 10.9. The molecule has 1 fully saturated rings. The molecule has 0 bridgehead atoms. The molecule has 5 heteroatoms. The van der Waals surface area contributed by atoms with Crippen LogP contribution in [0.5, 0.6) is 0 Å². The van der Waals surface area contributed by atoms with Crippen LogP contribution in [0.25, 0.3) is 0 Å². The van der Waals surface area contributed by atoms with Crippen molar-refractivity contribution in [2.45, 2.75) is 84.0 Å². The van der Waals surface area contributed by atoms with Crippen molar-refractivity contribution in [2.75, 3.05) is 6.61 Å². The SMILES string of the molecule is CC1CC[C@@H](CO[Si](c2ccccc2)(c2ccccc2)C(C)(C)C)N1C(=O)OC(C)(C)C. The summed E-state index contributed by atoms with van der Waals surface area (Å²) in [6, 6.07) is 21.5. The first-order valence-electron chi connectivity index (χ1n) is 11.7. The summed E-state index contributed by atoms with van der Waals surface area (Å²) in [5, 5.41) is 2.43. The summed E-state index contributed by atoms with van der Waals surface area (Å²) < 4.78 is 12.8. The first-order chi connectivity index (χ1) is 15.0. The fraction of sp³-hybridized carbons (Fsp3) is 0.519. The minimum atomic E-state index is -2.63. The zero-order valence-corrected chi connectivity index (χ0v) is 21.7. The molecule has 0 spiro atoms. The van der Waals surface area contributed by atoms with Gasteiger partial charge in [0.25, 0.3) is 8.32 Å². The van der Waals surface area contributed by atoms with E-state index in [1.54, 1.807) is 0 Å². The average Bonchev–Trinajstić information content (AvgIpc) is 3.08. The van der Waals surface area contributed by atoms with Crippen LogP contribution in [-0.4, -0.2) is 43.6 Å². The quantitative estimate of drug-likeness (QED) is 0.573. The Hall–Kier alpha value is -2.11. The summed E-state index contributed by atoms with van der Waals surface area (Å²) in [5.74, 6) is 0. The maximum absolute atomic E-state index is 13.0. The van der Waals surface area contributed by atoms with E-state index in [-0.39, 0.29) is 23.2 Å². The fourth-order valence-electron chi connectivity index (χ4n) is 4.86. The molecule has 1 aliphatic rings. The fourth-order valence-corrected chi connectivity index (χ4v) is 9.46. The van der Waals surface area contributed by atoms with Gasteiger partial charge in [-0.1, -0.05) is 81.4 Å². The predicted octanol–water partition coefficient (Wildman–Crippen LogP) is 5.35. The largest absolute Gasteiger partial charge is 0.444 e. The minimum absolute atomic E-state index is 0.0153. The molecule has 2 atom stereocenters. The predicted molar refractivity (Wildman–Crippen MR) is 134 cm³/mol. The average molecular weight is 454 g/mol. The normalized spacial score (nSPS) is 19.8. The summed E-state index contributed by atoms with van der Waals surface area (Å²) >= 11 is 0. The van der Waals surface area contributed by atoms with Crippen LogP contribution in [0, 0.1) is 0 Å². The van der Waals surface area contributed by atoms with Gasteiger partial charge in [-0.15, -0.1) is 0 Å². The van der Waals surface area contributed by atoms with Crippen molar-refractivity contribution in [3.8, 4) is 0 Å².